The summed E-state index contributed by atoms with van der Waals surface area (Å²) < 4.78 is 38.3. The Bertz CT molecular complexity index is 954. The summed E-state index contributed by atoms with van der Waals surface area (Å²) in [4.78, 5) is 38.9. The standard InChI is InChI=1S/C16H10F3N3O3S2/c17-16(18,19)9-3-1-2-8(4-9)5-10-7-20-14(26-10)21-12(23)6-11-13(24)22-15(25)27-11/h1-4,6-7H,5H2,(H,20,21,23)(H,22,24,25)/b11-6-. The molecule has 0 bridgehead atoms. The maximum Gasteiger partial charge on any atom is 0.416 e. The highest BCUT2D eigenvalue weighted by atomic mass is 32.2. The lowest BCUT2D eigenvalue weighted by atomic mass is 10.1. The molecule has 0 radical (unpaired) electrons. The number of rotatable bonds is 4. The summed E-state index contributed by atoms with van der Waals surface area (Å²) in [6.07, 6.45) is -1.75. The molecule has 2 N–H and O–H groups in total. The fourth-order valence-electron chi connectivity index (χ4n) is 2.19. The SMILES string of the molecule is O=C(/C=C1\SC(=O)NC1=O)Nc1ncc(Cc2cccc(C(F)(F)F)c2)s1. The molecule has 0 atom stereocenters. The number of aromatic nitrogens is 1. The number of nitrogens with one attached hydrogen (secondary N) is 2. The highest BCUT2D eigenvalue weighted by Gasteiger charge is 2.30. The normalized spacial score (nSPS) is 15.9. The Morgan fingerprint density at radius 2 is 2.07 bits per heavy atom. The van der Waals surface area contributed by atoms with Crippen molar-refractivity contribution in [2.24, 2.45) is 0 Å². The second-order valence-electron chi connectivity index (χ2n) is 5.35. The molecule has 140 valence electrons. The van der Waals surface area contributed by atoms with E-state index < -0.39 is 28.8 Å². The molecule has 11 heteroatoms. The van der Waals surface area contributed by atoms with Crippen molar-refractivity contribution in [1.29, 1.82) is 0 Å². The summed E-state index contributed by atoms with van der Waals surface area (Å²) in [6, 6.07) is 4.97. The van der Waals surface area contributed by atoms with Crippen molar-refractivity contribution in [3.63, 3.8) is 0 Å². The van der Waals surface area contributed by atoms with Crippen molar-refractivity contribution in [2.75, 3.05) is 5.32 Å². The Balaban J connectivity index is 1.65. The summed E-state index contributed by atoms with van der Waals surface area (Å²) in [5, 5.41) is 4.15. The molecule has 1 aromatic heterocycles. The van der Waals surface area contributed by atoms with Gasteiger partial charge in [0.25, 0.3) is 17.1 Å². The van der Waals surface area contributed by atoms with Gasteiger partial charge in [-0.25, -0.2) is 4.98 Å². The third-order valence-corrected chi connectivity index (χ3v) is 5.04. The van der Waals surface area contributed by atoms with Gasteiger partial charge in [-0.1, -0.05) is 18.2 Å². The summed E-state index contributed by atoms with van der Waals surface area (Å²) in [5.41, 5.74) is -0.266. The molecule has 1 aliphatic rings. The average molecular weight is 413 g/mol. The number of anilines is 1. The van der Waals surface area contributed by atoms with E-state index in [4.69, 9.17) is 0 Å². The number of amides is 3. The molecule has 1 saturated heterocycles. The van der Waals surface area contributed by atoms with Gasteiger partial charge in [0.05, 0.1) is 10.5 Å². The monoisotopic (exact) mass is 413 g/mol. The maximum absolute atomic E-state index is 12.8. The van der Waals surface area contributed by atoms with Gasteiger partial charge in [-0.15, -0.1) is 11.3 Å². The van der Waals surface area contributed by atoms with Crippen molar-refractivity contribution in [1.82, 2.24) is 10.3 Å². The third kappa shape index (κ3) is 4.95. The van der Waals surface area contributed by atoms with Crippen molar-refractivity contribution >= 4 is 45.3 Å². The van der Waals surface area contributed by atoms with E-state index in [0.717, 1.165) is 29.5 Å². The summed E-state index contributed by atoms with van der Waals surface area (Å²) in [6.45, 7) is 0. The lowest BCUT2D eigenvalue weighted by molar-refractivity contribution is -0.137. The fourth-order valence-corrected chi connectivity index (χ4v) is 3.69. The van der Waals surface area contributed by atoms with Crippen molar-refractivity contribution in [2.45, 2.75) is 12.6 Å². The zero-order valence-electron chi connectivity index (χ0n) is 13.3. The minimum absolute atomic E-state index is 0.0294. The minimum atomic E-state index is -4.41. The van der Waals surface area contributed by atoms with Crippen molar-refractivity contribution in [3.05, 3.63) is 57.4 Å². The summed E-state index contributed by atoms with van der Waals surface area (Å²) in [5.74, 6) is -1.29. The van der Waals surface area contributed by atoms with Crippen LogP contribution in [0.4, 0.5) is 23.1 Å². The topological polar surface area (TPSA) is 88.2 Å². The van der Waals surface area contributed by atoms with Gasteiger partial charge >= 0.3 is 6.18 Å². The second-order valence-corrected chi connectivity index (χ2v) is 7.48. The molecule has 0 unspecified atom stereocenters. The van der Waals surface area contributed by atoms with Crippen LogP contribution in [0.5, 0.6) is 0 Å². The Labute approximate surface area is 158 Å². The number of hydrogen-bond acceptors (Lipinski definition) is 6. The van der Waals surface area contributed by atoms with Gasteiger partial charge in [0, 0.05) is 23.6 Å². The van der Waals surface area contributed by atoms with E-state index >= 15 is 0 Å². The molecule has 0 spiro atoms. The number of benzene rings is 1. The molecule has 1 fully saturated rings. The van der Waals surface area contributed by atoms with E-state index in [9.17, 15) is 27.6 Å². The first kappa shape index (κ1) is 19.1. The lowest BCUT2D eigenvalue weighted by Gasteiger charge is -2.07. The van der Waals surface area contributed by atoms with Crippen LogP contribution >= 0.6 is 23.1 Å². The first-order valence-electron chi connectivity index (χ1n) is 7.37. The van der Waals surface area contributed by atoms with Crippen molar-refractivity contribution < 1.29 is 27.6 Å². The van der Waals surface area contributed by atoms with Gasteiger partial charge in [-0.3, -0.25) is 25.0 Å². The maximum atomic E-state index is 12.8. The van der Waals surface area contributed by atoms with Gasteiger partial charge in [-0.05, 0) is 23.4 Å². The molecular weight excluding hydrogens is 403 g/mol. The van der Waals surface area contributed by atoms with E-state index in [1.165, 1.54) is 12.3 Å². The number of thioether (sulfide) groups is 1. The quantitative estimate of drug-likeness (QED) is 0.749. The van der Waals surface area contributed by atoms with Crippen LogP contribution in [-0.2, 0) is 22.2 Å². The zero-order valence-corrected chi connectivity index (χ0v) is 14.9. The fraction of sp³-hybridized carbons (Fsp3) is 0.125. The number of carbonyl (C=O) groups is 3. The Kier molecular flexibility index (Phi) is 5.33. The summed E-state index contributed by atoms with van der Waals surface area (Å²) >= 11 is 1.72. The Morgan fingerprint density at radius 3 is 2.74 bits per heavy atom. The molecule has 3 rings (SSSR count). The first-order chi connectivity index (χ1) is 12.7. The zero-order chi connectivity index (χ0) is 19.6. The van der Waals surface area contributed by atoms with Gasteiger partial charge in [-0.2, -0.15) is 13.2 Å². The molecule has 1 aromatic carbocycles. The minimum Gasteiger partial charge on any atom is -0.298 e. The molecular formula is C16H10F3N3O3S2. The van der Waals surface area contributed by atoms with Gasteiger partial charge in [0.2, 0.25) is 0 Å². The van der Waals surface area contributed by atoms with E-state index in [2.05, 4.69) is 10.3 Å². The lowest BCUT2D eigenvalue weighted by Crippen LogP contribution is -2.18. The van der Waals surface area contributed by atoms with Gasteiger partial charge < -0.3 is 0 Å². The largest absolute Gasteiger partial charge is 0.416 e. The predicted octanol–water partition coefficient (Wildman–Crippen LogP) is 3.56. The van der Waals surface area contributed by atoms with Crippen LogP contribution in [0, 0.1) is 0 Å². The molecule has 0 aliphatic carbocycles. The molecule has 2 heterocycles. The number of halogens is 3. The number of imide groups is 1. The van der Waals surface area contributed by atoms with Crippen LogP contribution in [0.2, 0.25) is 0 Å². The second kappa shape index (κ2) is 7.53. The number of thiazole rings is 1. The van der Waals surface area contributed by atoms with Crippen LogP contribution in [0.25, 0.3) is 0 Å². The van der Waals surface area contributed by atoms with Crippen LogP contribution in [0.1, 0.15) is 16.0 Å². The molecule has 6 nitrogen and oxygen atoms in total. The van der Waals surface area contributed by atoms with Crippen molar-refractivity contribution in [3.8, 4) is 0 Å². The van der Waals surface area contributed by atoms with Gasteiger partial charge in [0.1, 0.15) is 0 Å². The smallest absolute Gasteiger partial charge is 0.298 e. The number of carbonyl (C=O) groups excluding carboxylic acids is 3. The highest BCUT2D eigenvalue weighted by Crippen LogP contribution is 2.30. The Hall–Kier alpha value is -2.66. The summed E-state index contributed by atoms with van der Waals surface area (Å²) in [7, 11) is 0. The van der Waals surface area contributed by atoms with Crippen LogP contribution in [-0.4, -0.2) is 22.0 Å². The van der Waals surface area contributed by atoms with Gasteiger partial charge in [0.15, 0.2) is 5.13 Å². The number of nitrogens with zero attached hydrogens (tertiary/aromatic N) is 1. The number of alkyl halides is 3. The van der Waals surface area contributed by atoms with E-state index in [1.807, 2.05) is 5.32 Å². The van der Waals surface area contributed by atoms with Crippen LogP contribution in [0.3, 0.4) is 0 Å². The Morgan fingerprint density at radius 1 is 1.30 bits per heavy atom. The molecule has 27 heavy (non-hydrogen) atoms. The molecule has 1 aliphatic heterocycles. The van der Waals surface area contributed by atoms with E-state index in [-0.39, 0.29) is 16.5 Å². The average Bonchev–Trinajstić information content (AvgIpc) is 3.13. The predicted molar refractivity (Wildman–Crippen MR) is 94.2 cm³/mol. The van der Waals surface area contributed by atoms with Crippen LogP contribution in [0.15, 0.2) is 41.4 Å². The van der Waals surface area contributed by atoms with E-state index in [0.29, 0.717) is 22.2 Å². The molecule has 0 saturated carbocycles. The number of hydrogen-bond donors (Lipinski definition) is 2. The molecule has 2 aromatic rings. The third-order valence-electron chi connectivity index (χ3n) is 3.32. The van der Waals surface area contributed by atoms with E-state index in [1.54, 1.807) is 6.07 Å². The van der Waals surface area contributed by atoms with Crippen LogP contribution < -0.4 is 10.6 Å². The highest BCUT2D eigenvalue weighted by molar-refractivity contribution is 8.18. The molecule has 3 amide bonds. The first-order valence-corrected chi connectivity index (χ1v) is 9.01.